The first kappa shape index (κ1) is 19.6. The fourth-order valence-corrected chi connectivity index (χ4v) is 3.47. The maximum absolute atomic E-state index is 12.6. The van der Waals surface area contributed by atoms with E-state index >= 15 is 0 Å². The third-order valence-corrected chi connectivity index (χ3v) is 5.14. The Hall–Kier alpha value is -3.68. The van der Waals surface area contributed by atoms with Crippen molar-refractivity contribution in [1.82, 2.24) is 15.2 Å². The monoisotopic (exact) mass is 405 g/mol. The largest absolute Gasteiger partial charge is 0.497 e. The van der Waals surface area contributed by atoms with Gasteiger partial charge >= 0.3 is 0 Å². The summed E-state index contributed by atoms with van der Waals surface area (Å²) in [5, 5.41) is 9.66. The van der Waals surface area contributed by atoms with Gasteiger partial charge in [-0.3, -0.25) is 20.0 Å². The van der Waals surface area contributed by atoms with Crippen LogP contribution < -0.4 is 15.0 Å². The molecular weight excluding hydrogens is 382 g/mol. The molecule has 30 heavy (non-hydrogen) atoms. The van der Waals surface area contributed by atoms with Crippen LogP contribution in [0.4, 0.5) is 11.6 Å². The number of carbonyl (C=O) groups is 2. The van der Waals surface area contributed by atoms with Gasteiger partial charge in [-0.05, 0) is 36.2 Å². The number of methoxy groups -OCH3 is 1. The minimum absolute atomic E-state index is 0.0588. The summed E-state index contributed by atoms with van der Waals surface area (Å²) >= 11 is 0. The minimum Gasteiger partial charge on any atom is -0.497 e. The number of rotatable bonds is 7. The van der Waals surface area contributed by atoms with Crippen LogP contribution in [0.5, 0.6) is 5.75 Å². The molecular formula is C22H23N5O3. The molecule has 0 saturated carbocycles. The molecule has 1 fully saturated rings. The topological polar surface area (TPSA) is 100 Å². The molecule has 3 aromatic rings. The molecule has 0 radical (unpaired) electrons. The summed E-state index contributed by atoms with van der Waals surface area (Å²) in [7, 11) is 1.64. The molecule has 1 atom stereocenters. The SMILES string of the molecule is COc1ccc(CCc2nc(NC(=O)C3CC(=O)N(c4ccccc4)C3)n[nH]2)cc1. The standard InChI is InChI=1S/C22H23N5O3/c1-30-18-10-7-15(8-11-18)9-12-19-23-22(26-25-19)24-21(29)16-13-20(28)27(14-16)17-5-3-2-4-6-17/h2-8,10-11,16H,9,12-14H2,1H3,(H2,23,24,25,26,29). The van der Waals surface area contributed by atoms with Crippen LogP contribution in [0.25, 0.3) is 0 Å². The van der Waals surface area contributed by atoms with Gasteiger partial charge in [-0.25, -0.2) is 0 Å². The van der Waals surface area contributed by atoms with Crippen molar-refractivity contribution in [2.24, 2.45) is 5.92 Å². The van der Waals surface area contributed by atoms with E-state index in [0.29, 0.717) is 18.8 Å². The molecule has 0 bridgehead atoms. The van der Waals surface area contributed by atoms with E-state index in [1.807, 2.05) is 54.6 Å². The number of aromatic nitrogens is 3. The molecule has 2 aromatic carbocycles. The predicted molar refractivity (Wildman–Crippen MR) is 112 cm³/mol. The summed E-state index contributed by atoms with van der Waals surface area (Å²) in [6.07, 6.45) is 1.63. The Morgan fingerprint density at radius 1 is 1.17 bits per heavy atom. The Kier molecular flexibility index (Phi) is 5.74. The molecule has 1 aliphatic rings. The molecule has 1 saturated heterocycles. The number of hydrogen-bond acceptors (Lipinski definition) is 5. The van der Waals surface area contributed by atoms with E-state index in [1.165, 1.54) is 0 Å². The zero-order chi connectivity index (χ0) is 20.9. The molecule has 1 unspecified atom stereocenters. The lowest BCUT2D eigenvalue weighted by Crippen LogP contribution is -2.28. The van der Waals surface area contributed by atoms with Crippen molar-refractivity contribution in [3.05, 3.63) is 66.0 Å². The molecule has 8 nitrogen and oxygen atoms in total. The average Bonchev–Trinajstić information content (AvgIpc) is 3.39. The number of aromatic amines is 1. The van der Waals surface area contributed by atoms with Crippen molar-refractivity contribution < 1.29 is 14.3 Å². The van der Waals surface area contributed by atoms with Crippen LogP contribution in [0, 0.1) is 5.92 Å². The molecule has 1 aromatic heterocycles. The van der Waals surface area contributed by atoms with Gasteiger partial charge in [0.15, 0.2) is 0 Å². The number of H-pyrrole nitrogens is 1. The highest BCUT2D eigenvalue weighted by Gasteiger charge is 2.35. The summed E-state index contributed by atoms with van der Waals surface area (Å²) < 4.78 is 5.16. The number of aryl methyl sites for hydroxylation is 2. The van der Waals surface area contributed by atoms with Gasteiger partial charge in [0.05, 0.1) is 13.0 Å². The van der Waals surface area contributed by atoms with Gasteiger partial charge in [0.2, 0.25) is 17.8 Å². The lowest BCUT2D eigenvalue weighted by atomic mass is 10.1. The molecule has 154 valence electrons. The number of para-hydroxylation sites is 1. The number of amides is 2. The fraction of sp³-hybridized carbons (Fsp3) is 0.273. The second-order valence-electron chi connectivity index (χ2n) is 7.18. The molecule has 0 spiro atoms. The Morgan fingerprint density at radius 3 is 2.67 bits per heavy atom. The van der Waals surface area contributed by atoms with Crippen molar-refractivity contribution in [3.8, 4) is 5.75 Å². The maximum Gasteiger partial charge on any atom is 0.248 e. The summed E-state index contributed by atoms with van der Waals surface area (Å²) in [6.45, 7) is 0.351. The van der Waals surface area contributed by atoms with Crippen LogP contribution >= 0.6 is 0 Å². The first-order valence-corrected chi connectivity index (χ1v) is 9.83. The molecule has 2 amide bonds. The molecule has 1 aliphatic heterocycles. The Bertz CT molecular complexity index is 1020. The van der Waals surface area contributed by atoms with E-state index < -0.39 is 5.92 Å². The summed E-state index contributed by atoms with van der Waals surface area (Å²) in [5.74, 6) is 1.00. The molecule has 8 heteroatoms. The van der Waals surface area contributed by atoms with Crippen molar-refractivity contribution >= 4 is 23.5 Å². The Balaban J connectivity index is 1.31. The highest BCUT2D eigenvalue weighted by Crippen LogP contribution is 2.25. The van der Waals surface area contributed by atoms with Crippen molar-refractivity contribution in [3.63, 3.8) is 0 Å². The van der Waals surface area contributed by atoms with E-state index in [-0.39, 0.29) is 24.2 Å². The van der Waals surface area contributed by atoms with Crippen LogP contribution in [-0.2, 0) is 22.4 Å². The second-order valence-corrected chi connectivity index (χ2v) is 7.18. The van der Waals surface area contributed by atoms with E-state index in [4.69, 9.17) is 4.74 Å². The van der Waals surface area contributed by atoms with Crippen LogP contribution in [0.2, 0.25) is 0 Å². The number of nitrogens with zero attached hydrogens (tertiary/aromatic N) is 3. The van der Waals surface area contributed by atoms with Gasteiger partial charge in [0, 0.05) is 25.1 Å². The van der Waals surface area contributed by atoms with Gasteiger partial charge in [-0.1, -0.05) is 30.3 Å². The zero-order valence-corrected chi connectivity index (χ0v) is 16.7. The Morgan fingerprint density at radius 2 is 1.93 bits per heavy atom. The maximum atomic E-state index is 12.6. The Labute approximate surface area is 174 Å². The quantitative estimate of drug-likeness (QED) is 0.629. The van der Waals surface area contributed by atoms with Crippen LogP contribution in [0.3, 0.4) is 0 Å². The zero-order valence-electron chi connectivity index (χ0n) is 16.7. The van der Waals surface area contributed by atoms with Crippen molar-refractivity contribution in [2.75, 3.05) is 23.9 Å². The fourth-order valence-electron chi connectivity index (χ4n) is 3.47. The third kappa shape index (κ3) is 4.48. The number of anilines is 2. The van der Waals surface area contributed by atoms with Gasteiger partial charge < -0.3 is 9.64 Å². The number of hydrogen-bond donors (Lipinski definition) is 2. The number of benzene rings is 2. The van der Waals surface area contributed by atoms with Gasteiger partial charge in [-0.2, -0.15) is 4.98 Å². The molecule has 2 heterocycles. The normalized spacial score (nSPS) is 16.0. The third-order valence-electron chi connectivity index (χ3n) is 5.14. The summed E-state index contributed by atoms with van der Waals surface area (Å²) in [4.78, 5) is 30.9. The predicted octanol–water partition coefficient (Wildman–Crippen LogP) is 2.59. The minimum atomic E-state index is -0.432. The molecule has 0 aliphatic carbocycles. The van der Waals surface area contributed by atoms with Gasteiger partial charge in [0.25, 0.3) is 0 Å². The first-order valence-electron chi connectivity index (χ1n) is 9.83. The van der Waals surface area contributed by atoms with Crippen molar-refractivity contribution in [2.45, 2.75) is 19.3 Å². The second kappa shape index (κ2) is 8.77. The van der Waals surface area contributed by atoms with E-state index in [1.54, 1.807) is 12.0 Å². The number of carbonyl (C=O) groups excluding carboxylic acids is 2. The lowest BCUT2D eigenvalue weighted by molar-refractivity contribution is -0.122. The van der Waals surface area contributed by atoms with E-state index in [9.17, 15) is 9.59 Å². The van der Waals surface area contributed by atoms with Crippen LogP contribution in [0.1, 0.15) is 17.8 Å². The van der Waals surface area contributed by atoms with Crippen LogP contribution in [-0.4, -0.2) is 40.7 Å². The van der Waals surface area contributed by atoms with E-state index in [2.05, 4.69) is 20.5 Å². The van der Waals surface area contributed by atoms with Crippen LogP contribution in [0.15, 0.2) is 54.6 Å². The molecule has 2 N–H and O–H groups in total. The average molecular weight is 405 g/mol. The highest BCUT2D eigenvalue weighted by atomic mass is 16.5. The number of ether oxygens (including phenoxy) is 1. The van der Waals surface area contributed by atoms with Gasteiger partial charge in [-0.15, -0.1) is 5.10 Å². The first-order chi connectivity index (χ1) is 14.6. The smallest absolute Gasteiger partial charge is 0.248 e. The highest BCUT2D eigenvalue weighted by molar-refractivity contribution is 6.03. The van der Waals surface area contributed by atoms with E-state index in [0.717, 1.165) is 23.4 Å². The molecule has 4 rings (SSSR count). The number of nitrogens with one attached hydrogen (secondary N) is 2. The summed E-state index contributed by atoms with van der Waals surface area (Å²) in [5.41, 5.74) is 1.96. The lowest BCUT2D eigenvalue weighted by Gasteiger charge is -2.16. The summed E-state index contributed by atoms with van der Waals surface area (Å²) in [6, 6.07) is 17.2. The van der Waals surface area contributed by atoms with Crippen molar-refractivity contribution in [1.29, 1.82) is 0 Å². The van der Waals surface area contributed by atoms with Gasteiger partial charge in [0.1, 0.15) is 11.6 Å².